The third-order valence-corrected chi connectivity index (χ3v) is 4.60. The molecule has 0 fully saturated rings. The zero-order chi connectivity index (χ0) is 21.4. The van der Waals surface area contributed by atoms with Crippen LogP contribution in [0.3, 0.4) is 0 Å². The number of ether oxygens (including phenoxy) is 1. The number of halogens is 1. The molecule has 0 aliphatic heterocycles. The van der Waals surface area contributed by atoms with Crippen molar-refractivity contribution in [1.82, 2.24) is 10.6 Å². The van der Waals surface area contributed by atoms with E-state index in [1.54, 1.807) is 50.2 Å². The molecular weight excluding hydrogens is 392 g/mol. The Morgan fingerprint density at radius 2 is 1.69 bits per heavy atom. The lowest BCUT2D eigenvalue weighted by molar-refractivity contribution is -0.151. The van der Waals surface area contributed by atoms with Crippen molar-refractivity contribution in [2.75, 3.05) is 6.61 Å². The van der Waals surface area contributed by atoms with E-state index in [9.17, 15) is 14.4 Å². The third-order valence-electron chi connectivity index (χ3n) is 4.35. The fourth-order valence-corrected chi connectivity index (χ4v) is 2.75. The highest BCUT2D eigenvalue weighted by molar-refractivity contribution is 6.30. The lowest BCUT2D eigenvalue weighted by Gasteiger charge is -2.21. The van der Waals surface area contributed by atoms with E-state index < -0.39 is 24.5 Å². The van der Waals surface area contributed by atoms with Crippen LogP contribution < -0.4 is 10.6 Å². The molecule has 2 aromatic carbocycles. The highest BCUT2D eigenvalue weighted by Gasteiger charge is 2.27. The predicted octanol–water partition coefficient (Wildman–Crippen LogP) is 3.26. The van der Waals surface area contributed by atoms with Gasteiger partial charge >= 0.3 is 5.97 Å². The Hall–Kier alpha value is -2.86. The van der Waals surface area contributed by atoms with Crippen LogP contribution >= 0.6 is 11.6 Å². The summed E-state index contributed by atoms with van der Waals surface area (Å²) in [5.41, 5.74) is 2.17. The zero-order valence-electron chi connectivity index (χ0n) is 16.7. The molecule has 6 nitrogen and oxygen atoms in total. The molecule has 0 spiro atoms. The summed E-state index contributed by atoms with van der Waals surface area (Å²) in [5, 5.41) is 5.98. The summed E-state index contributed by atoms with van der Waals surface area (Å²) in [6.07, 6.45) is 0. The van der Waals surface area contributed by atoms with E-state index in [0.29, 0.717) is 17.1 Å². The van der Waals surface area contributed by atoms with Gasteiger partial charge in [0.1, 0.15) is 6.04 Å². The molecule has 0 heterocycles. The molecule has 0 saturated carbocycles. The Morgan fingerprint density at radius 3 is 2.31 bits per heavy atom. The molecule has 7 heteroatoms. The predicted molar refractivity (Wildman–Crippen MR) is 112 cm³/mol. The molecule has 154 valence electrons. The average molecular weight is 417 g/mol. The van der Waals surface area contributed by atoms with E-state index in [1.165, 1.54) is 0 Å². The monoisotopic (exact) mass is 416 g/mol. The van der Waals surface area contributed by atoms with Gasteiger partial charge in [-0.2, -0.15) is 0 Å². The van der Waals surface area contributed by atoms with Crippen molar-refractivity contribution in [3.8, 4) is 0 Å². The van der Waals surface area contributed by atoms with Crippen LogP contribution in [0.5, 0.6) is 0 Å². The number of hydrogen-bond donors (Lipinski definition) is 2. The first-order valence-electron chi connectivity index (χ1n) is 9.32. The van der Waals surface area contributed by atoms with E-state index in [0.717, 1.165) is 11.1 Å². The molecule has 29 heavy (non-hydrogen) atoms. The molecule has 0 unspecified atom stereocenters. The Morgan fingerprint density at radius 1 is 1.03 bits per heavy atom. The summed E-state index contributed by atoms with van der Waals surface area (Å²) in [7, 11) is 0. The van der Waals surface area contributed by atoms with E-state index in [2.05, 4.69) is 10.6 Å². The lowest BCUT2D eigenvalue weighted by Crippen LogP contribution is -2.46. The summed E-state index contributed by atoms with van der Waals surface area (Å²) >= 11 is 5.82. The third kappa shape index (κ3) is 6.91. The minimum absolute atomic E-state index is 0.201. The molecule has 0 radical (unpaired) electrons. The van der Waals surface area contributed by atoms with Crippen molar-refractivity contribution >= 4 is 29.4 Å². The van der Waals surface area contributed by atoms with Gasteiger partial charge < -0.3 is 15.4 Å². The average Bonchev–Trinajstić information content (AvgIpc) is 2.69. The number of carbonyl (C=O) groups is 3. The number of carbonyl (C=O) groups excluding carboxylic acids is 3. The van der Waals surface area contributed by atoms with E-state index in [-0.39, 0.29) is 11.8 Å². The van der Waals surface area contributed by atoms with Crippen molar-refractivity contribution < 1.29 is 19.1 Å². The molecule has 2 amide bonds. The second-order valence-corrected chi connectivity index (χ2v) is 7.46. The SMILES string of the molecule is Cc1ccccc1C(=O)N[C@H](C(=O)OCC(=O)NCc1ccc(Cl)cc1)C(C)C. The highest BCUT2D eigenvalue weighted by atomic mass is 35.5. The van der Waals surface area contributed by atoms with Crippen molar-refractivity contribution in [3.05, 3.63) is 70.2 Å². The zero-order valence-corrected chi connectivity index (χ0v) is 17.5. The molecule has 2 aromatic rings. The highest BCUT2D eigenvalue weighted by Crippen LogP contribution is 2.11. The molecule has 2 N–H and O–H groups in total. The first kappa shape index (κ1) is 22.4. The number of esters is 1. The fraction of sp³-hybridized carbons (Fsp3) is 0.318. The van der Waals surface area contributed by atoms with Gasteiger partial charge in [0, 0.05) is 17.1 Å². The smallest absolute Gasteiger partial charge is 0.329 e. The van der Waals surface area contributed by atoms with Gasteiger partial charge in [-0.25, -0.2) is 4.79 Å². The Labute approximate surface area is 175 Å². The Bertz CT molecular complexity index is 865. The van der Waals surface area contributed by atoms with Crippen LogP contribution in [0.15, 0.2) is 48.5 Å². The Balaban J connectivity index is 1.87. The van der Waals surface area contributed by atoms with Crippen LogP contribution in [0.4, 0.5) is 0 Å². The molecule has 2 rings (SSSR count). The Kier molecular flexibility index (Phi) is 8.21. The van der Waals surface area contributed by atoms with Crippen LogP contribution in [-0.2, 0) is 20.9 Å². The van der Waals surface area contributed by atoms with E-state index >= 15 is 0 Å². The van der Waals surface area contributed by atoms with Crippen LogP contribution in [0.1, 0.15) is 35.3 Å². The molecule has 0 aliphatic rings. The lowest BCUT2D eigenvalue weighted by atomic mass is 10.0. The summed E-state index contributed by atoms with van der Waals surface area (Å²) < 4.78 is 5.11. The topological polar surface area (TPSA) is 84.5 Å². The van der Waals surface area contributed by atoms with Crippen molar-refractivity contribution in [2.24, 2.45) is 5.92 Å². The number of aryl methyl sites for hydroxylation is 1. The van der Waals surface area contributed by atoms with Gasteiger partial charge in [0.05, 0.1) is 0 Å². The maximum Gasteiger partial charge on any atom is 0.329 e. The molecule has 0 bridgehead atoms. The molecule has 1 atom stereocenters. The minimum Gasteiger partial charge on any atom is -0.454 e. The minimum atomic E-state index is -0.855. The molecule has 0 aliphatic carbocycles. The number of rotatable bonds is 8. The van der Waals surface area contributed by atoms with Gasteiger partial charge in [-0.05, 0) is 42.2 Å². The van der Waals surface area contributed by atoms with Gasteiger partial charge in [-0.15, -0.1) is 0 Å². The number of benzene rings is 2. The van der Waals surface area contributed by atoms with Crippen molar-refractivity contribution in [1.29, 1.82) is 0 Å². The second kappa shape index (κ2) is 10.6. The molecule has 0 aromatic heterocycles. The second-order valence-electron chi connectivity index (χ2n) is 7.02. The molecule has 0 saturated heterocycles. The molecular formula is C22H25ClN2O4. The fourth-order valence-electron chi connectivity index (χ4n) is 2.62. The van der Waals surface area contributed by atoms with Crippen LogP contribution in [0, 0.1) is 12.8 Å². The standard InChI is InChI=1S/C22H25ClN2O4/c1-14(2)20(25-21(27)18-7-5-4-6-15(18)3)22(28)29-13-19(26)24-12-16-8-10-17(23)11-9-16/h4-11,14,20H,12-13H2,1-3H3,(H,24,26)(H,25,27)/t20-/m0/s1. The number of amides is 2. The van der Waals surface area contributed by atoms with Crippen LogP contribution in [0.2, 0.25) is 5.02 Å². The largest absolute Gasteiger partial charge is 0.454 e. The van der Waals surface area contributed by atoms with Gasteiger partial charge in [-0.3, -0.25) is 9.59 Å². The first-order valence-corrected chi connectivity index (χ1v) is 9.70. The maximum absolute atomic E-state index is 12.5. The summed E-state index contributed by atoms with van der Waals surface area (Å²) in [4.78, 5) is 36.9. The van der Waals surface area contributed by atoms with Gasteiger partial charge in [0.15, 0.2) is 6.61 Å². The van der Waals surface area contributed by atoms with Crippen molar-refractivity contribution in [2.45, 2.75) is 33.4 Å². The van der Waals surface area contributed by atoms with E-state index in [1.807, 2.05) is 19.1 Å². The normalized spacial score (nSPS) is 11.6. The van der Waals surface area contributed by atoms with Gasteiger partial charge in [-0.1, -0.05) is 55.8 Å². The summed E-state index contributed by atoms with van der Waals surface area (Å²) in [6, 6.07) is 13.3. The number of hydrogen-bond acceptors (Lipinski definition) is 4. The van der Waals surface area contributed by atoms with Crippen LogP contribution in [-0.4, -0.2) is 30.4 Å². The van der Waals surface area contributed by atoms with Crippen molar-refractivity contribution in [3.63, 3.8) is 0 Å². The van der Waals surface area contributed by atoms with Gasteiger partial charge in [0.25, 0.3) is 11.8 Å². The van der Waals surface area contributed by atoms with E-state index in [4.69, 9.17) is 16.3 Å². The van der Waals surface area contributed by atoms with Gasteiger partial charge in [0.2, 0.25) is 0 Å². The quantitative estimate of drug-likeness (QED) is 0.647. The maximum atomic E-state index is 12.5. The first-order chi connectivity index (χ1) is 13.8. The van der Waals surface area contributed by atoms with Crippen LogP contribution in [0.25, 0.3) is 0 Å². The number of nitrogens with one attached hydrogen (secondary N) is 2. The summed E-state index contributed by atoms with van der Waals surface area (Å²) in [5.74, 6) is -1.64. The summed E-state index contributed by atoms with van der Waals surface area (Å²) in [6.45, 7) is 5.29.